The molecule has 1 aliphatic heterocycles. The Labute approximate surface area is 217 Å². The molecular weight excluding hydrogens is 496 g/mol. The summed E-state index contributed by atoms with van der Waals surface area (Å²) in [6, 6.07) is 9.20. The fraction of sp³-hybridized carbons (Fsp3) is 0.391. The molecule has 0 radical (unpaired) electrons. The van der Waals surface area contributed by atoms with E-state index in [4.69, 9.17) is 5.73 Å². The molecule has 14 heteroatoms. The van der Waals surface area contributed by atoms with Crippen LogP contribution in [0.15, 0.2) is 36.5 Å². The van der Waals surface area contributed by atoms with Crippen LogP contribution < -0.4 is 26.6 Å². The number of nitrogens with one attached hydrogen (secondary N) is 3. The predicted molar refractivity (Wildman–Crippen MR) is 139 cm³/mol. The number of nitrogens with zero attached hydrogens (tertiary/aromatic N) is 6. The van der Waals surface area contributed by atoms with Crippen molar-refractivity contribution in [2.45, 2.75) is 44.6 Å². The lowest BCUT2D eigenvalue weighted by Gasteiger charge is -2.32. The molecule has 0 bridgehead atoms. The summed E-state index contributed by atoms with van der Waals surface area (Å²) in [6.45, 7) is 1.55. The van der Waals surface area contributed by atoms with Crippen LogP contribution in [-0.2, 0) is 20.8 Å². The van der Waals surface area contributed by atoms with Gasteiger partial charge in [0.2, 0.25) is 28.0 Å². The maximum atomic E-state index is 12.2. The van der Waals surface area contributed by atoms with E-state index in [0.29, 0.717) is 28.2 Å². The second-order valence-corrected chi connectivity index (χ2v) is 9.49. The molecule has 0 aromatic carbocycles. The van der Waals surface area contributed by atoms with Crippen LogP contribution in [0.5, 0.6) is 0 Å². The summed E-state index contributed by atoms with van der Waals surface area (Å²) in [6.07, 6.45) is 4.32. The van der Waals surface area contributed by atoms with E-state index >= 15 is 0 Å². The number of rotatable bonds is 11. The van der Waals surface area contributed by atoms with Gasteiger partial charge >= 0.3 is 0 Å². The molecule has 0 unspecified atom stereocenters. The number of hydrogen-bond acceptors (Lipinski definition) is 11. The van der Waals surface area contributed by atoms with Crippen LogP contribution in [-0.4, -0.2) is 62.2 Å². The minimum Gasteiger partial charge on any atom is -0.370 e. The largest absolute Gasteiger partial charge is 0.370 e. The van der Waals surface area contributed by atoms with Crippen LogP contribution in [0.25, 0.3) is 0 Å². The number of primary amides is 1. The quantitative estimate of drug-likeness (QED) is 0.287. The van der Waals surface area contributed by atoms with Crippen molar-refractivity contribution in [3.8, 4) is 0 Å². The van der Waals surface area contributed by atoms with Crippen LogP contribution >= 0.6 is 11.3 Å². The Kier molecular flexibility index (Phi) is 8.86. The Morgan fingerprint density at radius 2 is 1.76 bits per heavy atom. The van der Waals surface area contributed by atoms with Gasteiger partial charge in [0.15, 0.2) is 11.6 Å². The molecule has 0 saturated carbocycles. The van der Waals surface area contributed by atoms with Crippen molar-refractivity contribution >= 4 is 51.0 Å². The lowest BCUT2D eigenvalue weighted by Crippen LogP contribution is -2.39. The Balaban J connectivity index is 1.19. The number of aromatic nitrogens is 5. The molecule has 4 heterocycles. The number of carbonyl (C=O) groups is 3. The highest BCUT2D eigenvalue weighted by molar-refractivity contribution is 7.19. The predicted octanol–water partition coefficient (Wildman–Crippen LogP) is 1.58. The normalized spacial score (nSPS) is 13.7. The lowest BCUT2D eigenvalue weighted by atomic mass is 10.1. The van der Waals surface area contributed by atoms with Crippen LogP contribution in [0.3, 0.4) is 0 Å². The molecule has 3 amide bonds. The highest BCUT2D eigenvalue weighted by atomic mass is 32.1. The van der Waals surface area contributed by atoms with Crippen molar-refractivity contribution in [1.82, 2.24) is 25.4 Å². The molecule has 3 aromatic rings. The molecule has 0 atom stereocenters. The third-order valence-corrected chi connectivity index (χ3v) is 6.40. The molecule has 3 aromatic heterocycles. The van der Waals surface area contributed by atoms with Gasteiger partial charge in [-0.05, 0) is 43.5 Å². The zero-order valence-corrected chi connectivity index (χ0v) is 20.9. The van der Waals surface area contributed by atoms with Crippen LogP contribution in [0.4, 0.5) is 21.9 Å². The second-order valence-electron chi connectivity index (χ2n) is 8.51. The minimum atomic E-state index is -0.426. The molecule has 1 fully saturated rings. The van der Waals surface area contributed by atoms with Gasteiger partial charge in [0.05, 0.1) is 6.42 Å². The molecule has 1 aliphatic rings. The maximum Gasteiger partial charge on any atom is 0.232 e. The third kappa shape index (κ3) is 8.17. The topological polar surface area (TPSA) is 181 Å². The molecule has 5 N–H and O–H groups in total. The minimum absolute atomic E-state index is 0.173. The first kappa shape index (κ1) is 25.9. The van der Waals surface area contributed by atoms with Crippen LogP contribution in [0.2, 0.25) is 0 Å². The Hall–Kier alpha value is -4.20. The number of nitrogens with two attached hydrogens (primary N) is 1. The SMILES string of the molecule is NC(=O)CCCC(=O)Nc1ccc(N2CCC(Nc3nnc(NC(=O)Cc4ccccn4)s3)CC2)nn1. The highest BCUT2D eigenvalue weighted by Crippen LogP contribution is 2.25. The Bertz CT molecular complexity index is 1200. The summed E-state index contributed by atoms with van der Waals surface area (Å²) in [4.78, 5) is 41.2. The molecule has 37 heavy (non-hydrogen) atoms. The fourth-order valence-electron chi connectivity index (χ4n) is 3.78. The van der Waals surface area contributed by atoms with Crippen molar-refractivity contribution in [2.75, 3.05) is 33.9 Å². The molecular formula is C23H28N10O3S. The van der Waals surface area contributed by atoms with Crippen LogP contribution in [0, 0.1) is 0 Å². The van der Waals surface area contributed by atoms with Crippen molar-refractivity contribution in [2.24, 2.45) is 5.73 Å². The van der Waals surface area contributed by atoms with Crippen molar-refractivity contribution in [3.63, 3.8) is 0 Å². The first-order chi connectivity index (χ1) is 17.9. The van der Waals surface area contributed by atoms with E-state index in [1.165, 1.54) is 11.3 Å². The molecule has 1 saturated heterocycles. The second kappa shape index (κ2) is 12.7. The van der Waals surface area contributed by atoms with Gasteiger partial charge in [-0.1, -0.05) is 17.4 Å². The summed E-state index contributed by atoms with van der Waals surface area (Å²) >= 11 is 1.30. The van der Waals surface area contributed by atoms with Gasteiger partial charge in [0, 0.05) is 43.9 Å². The highest BCUT2D eigenvalue weighted by Gasteiger charge is 2.22. The average molecular weight is 525 g/mol. The van der Waals surface area contributed by atoms with E-state index in [1.807, 2.05) is 12.1 Å². The van der Waals surface area contributed by atoms with E-state index in [-0.39, 0.29) is 37.1 Å². The maximum absolute atomic E-state index is 12.2. The molecule has 4 rings (SSSR count). The molecule has 0 aliphatic carbocycles. The summed E-state index contributed by atoms with van der Waals surface area (Å²) in [5.74, 6) is 0.250. The molecule has 0 spiro atoms. The standard InChI is InChI=1S/C23H28N10O3S/c24-17(34)5-3-6-20(35)27-18-7-8-19(30-29-18)33-12-9-15(10-13-33)26-22-31-32-23(37-22)28-21(36)14-16-4-1-2-11-25-16/h1-2,4,7-8,11,15H,3,5-6,9-10,12-14H2,(H2,24,34)(H,26,31)(H,27,29,35)(H,28,32,36). The van der Waals surface area contributed by atoms with Gasteiger partial charge < -0.3 is 26.6 Å². The number of carbonyl (C=O) groups excluding carboxylic acids is 3. The zero-order chi connectivity index (χ0) is 26.0. The molecule has 13 nitrogen and oxygen atoms in total. The Morgan fingerprint density at radius 3 is 2.46 bits per heavy atom. The first-order valence-corrected chi connectivity index (χ1v) is 12.7. The average Bonchev–Trinajstić information content (AvgIpc) is 3.31. The van der Waals surface area contributed by atoms with Gasteiger partial charge in [-0.15, -0.1) is 20.4 Å². The number of pyridine rings is 1. The monoisotopic (exact) mass is 524 g/mol. The summed E-state index contributed by atoms with van der Waals surface area (Å²) < 4.78 is 0. The van der Waals surface area contributed by atoms with Crippen molar-refractivity contribution in [1.29, 1.82) is 0 Å². The van der Waals surface area contributed by atoms with Crippen LogP contribution in [0.1, 0.15) is 37.8 Å². The van der Waals surface area contributed by atoms with Gasteiger partial charge in [-0.2, -0.15) is 0 Å². The van der Waals surface area contributed by atoms with Gasteiger partial charge in [-0.3, -0.25) is 19.4 Å². The van der Waals surface area contributed by atoms with Crippen molar-refractivity contribution in [3.05, 3.63) is 42.2 Å². The number of piperidine rings is 1. The summed E-state index contributed by atoms with van der Waals surface area (Å²) in [5, 5.41) is 26.4. The summed E-state index contributed by atoms with van der Waals surface area (Å²) in [7, 11) is 0. The fourth-order valence-corrected chi connectivity index (χ4v) is 4.52. The van der Waals surface area contributed by atoms with E-state index in [9.17, 15) is 14.4 Å². The van der Waals surface area contributed by atoms with E-state index in [1.54, 1.807) is 24.4 Å². The van der Waals surface area contributed by atoms with E-state index in [2.05, 4.69) is 46.2 Å². The Morgan fingerprint density at radius 1 is 0.946 bits per heavy atom. The summed E-state index contributed by atoms with van der Waals surface area (Å²) in [5.41, 5.74) is 5.77. The number of hydrogen-bond donors (Lipinski definition) is 4. The first-order valence-electron chi connectivity index (χ1n) is 11.9. The van der Waals surface area contributed by atoms with Crippen molar-refractivity contribution < 1.29 is 14.4 Å². The lowest BCUT2D eigenvalue weighted by molar-refractivity contribution is -0.119. The van der Waals surface area contributed by atoms with Gasteiger partial charge in [0.1, 0.15) is 0 Å². The van der Waals surface area contributed by atoms with Gasteiger partial charge in [0.25, 0.3) is 0 Å². The molecule has 194 valence electrons. The van der Waals surface area contributed by atoms with E-state index in [0.717, 1.165) is 31.7 Å². The number of amides is 3. The number of anilines is 4. The third-order valence-electron chi connectivity index (χ3n) is 5.63. The van der Waals surface area contributed by atoms with E-state index < -0.39 is 5.91 Å². The zero-order valence-electron chi connectivity index (χ0n) is 20.1. The van der Waals surface area contributed by atoms with Gasteiger partial charge in [-0.25, -0.2) is 0 Å². The smallest absolute Gasteiger partial charge is 0.232 e.